The van der Waals surface area contributed by atoms with Crippen LogP contribution in [0.25, 0.3) is 0 Å². The highest BCUT2D eigenvalue weighted by Gasteiger charge is 2.20. The molecule has 0 spiro atoms. The molecule has 1 aromatic rings. The lowest BCUT2D eigenvalue weighted by Gasteiger charge is -2.20. The van der Waals surface area contributed by atoms with Crippen molar-refractivity contribution in [1.29, 1.82) is 0 Å². The predicted octanol–water partition coefficient (Wildman–Crippen LogP) is 1.46. The van der Waals surface area contributed by atoms with Gasteiger partial charge in [-0.15, -0.1) is 0 Å². The van der Waals surface area contributed by atoms with Gasteiger partial charge in [0.1, 0.15) is 13.2 Å². The van der Waals surface area contributed by atoms with Gasteiger partial charge in [0.25, 0.3) is 0 Å². The van der Waals surface area contributed by atoms with E-state index in [0.29, 0.717) is 43.4 Å². The predicted molar refractivity (Wildman–Crippen MR) is 87.4 cm³/mol. The third-order valence-electron chi connectivity index (χ3n) is 3.38. The summed E-state index contributed by atoms with van der Waals surface area (Å²) >= 11 is 0. The molecule has 0 atom stereocenters. The zero-order valence-corrected chi connectivity index (χ0v) is 14.2. The van der Waals surface area contributed by atoms with Crippen molar-refractivity contribution in [3.63, 3.8) is 0 Å². The van der Waals surface area contributed by atoms with Crippen LogP contribution in [0.2, 0.25) is 0 Å². The van der Waals surface area contributed by atoms with Crippen molar-refractivity contribution in [2.75, 3.05) is 37.9 Å². The van der Waals surface area contributed by atoms with Crippen molar-refractivity contribution in [3.05, 3.63) is 18.2 Å². The monoisotopic (exact) mass is 342 g/mol. The van der Waals surface area contributed by atoms with Crippen LogP contribution >= 0.6 is 0 Å². The van der Waals surface area contributed by atoms with E-state index in [2.05, 4.69) is 5.32 Å². The van der Waals surface area contributed by atoms with Crippen molar-refractivity contribution in [3.8, 4) is 11.5 Å². The van der Waals surface area contributed by atoms with Gasteiger partial charge >= 0.3 is 0 Å². The lowest BCUT2D eigenvalue weighted by atomic mass is 10.2. The molecule has 23 heavy (non-hydrogen) atoms. The van der Waals surface area contributed by atoms with E-state index < -0.39 is 10.0 Å². The van der Waals surface area contributed by atoms with Gasteiger partial charge in [-0.1, -0.05) is 13.3 Å². The minimum atomic E-state index is -3.41. The lowest BCUT2D eigenvalue weighted by molar-refractivity contribution is -0.116. The zero-order chi connectivity index (χ0) is 16.9. The van der Waals surface area contributed by atoms with Crippen molar-refractivity contribution < 1.29 is 22.7 Å². The molecule has 7 nitrogen and oxygen atoms in total. The summed E-state index contributed by atoms with van der Waals surface area (Å²) in [7, 11) is -3.41. The van der Waals surface area contributed by atoms with Crippen LogP contribution in [-0.2, 0) is 14.8 Å². The summed E-state index contributed by atoms with van der Waals surface area (Å²) in [5.41, 5.74) is 0.545. The number of anilines is 1. The fraction of sp³-hybridized carbons (Fsp3) is 0.533. The lowest BCUT2D eigenvalue weighted by Crippen LogP contribution is -2.38. The van der Waals surface area contributed by atoms with E-state index in [1.165, 1.54) is 4.31 Å². The molecule has 0 saturated heterocycles. The number of hydrogen-bond donors (Lipinski definition) is 1. The third kappa shape index (κ3) is 5.11. The quantitative estimate of drug-likeness (QED) is 0.811. The highest BCUT2D eigenvalue weighted by Crippen LogP contribution is 2.32. The summed E-state index contributed by atoms with van der Waals surface area (Å²) < 4.78 is 35.5. The number of ether oxygens (including phenoxy) is 2. The Morgan fingerprint density at radius 1 is 1.26 bits per heavy atom. The Labute approximate surface area is 136 Å². The molecule has 8 heteroatoms. The van der Waals surface area contributed by atoms with Crippen molar-refractivity contribution in [2.45, 2.75) is 19.8 Å². The van der Waals surface area contributed by atoms with Gasteiger partial charge in [0.05, 0.1) is 12.8 Å². The standard InChI is InChI=1S/C15H22N2O5S/c1-3-4-7-17(23(2,19)20)11-15(18)16-12-5-6-13-14(10-12)22-9-8-21-13/h5-6,10H,3-4,7-9,11H2,1-2H3,(H,16,18). The second kappa shape index (κ2) is 7.65. The molecular formula is C15H22N2O5S. The van der Waals surface area contributed by atoms with Gasteiger partial charge in [0.2, 0.25) is 15.9 Å². The number of carbonyl (C=O) groups is 1. The van der Waals surface area contributed by atoms with Crippen LogP contribution in [0.3, 0.4) is 0 Å². The number of nitrogens with one attached hydrogen (secondary N) is 1. The number of rotatable bonds is 7. The number of sulfonamides is 1. The van der Waals surface area contributed by atoms with Crippen molar-refractivity contribution in [2.24, 2.45) is 0 Å². The summed E-state index contributed by atoms with van der Waals surface area (Å²) in [5.74, 6) is 0.818. The van der Waals surface area contributed by atoms with E-state index in [9.17, 15) is 13.2 Å². The Morgan fingerprint density at radius 3 is 2.61 bits per heavy atom. The van der Waals surface area contributed by atoms with E-state index in [4.69, 9.17) is 9.47 Å². The minimum absolute atomic E-state index is 0.201. The van der Waals surface area contributed by atoms with Crippen LogP contribution < -0.4 is 14.8 Å². The Hall–Kier alpha value is -1.80. The van der Waals surface area contributed by atoms with Gasteiger partial charge in [0.15, 0.2) is 11.5 Å². The SMILES string of the molecule is CCCCN(CC(=O)Nc1ccc2c(c1)OCCO2)S(C)(=O)=O. The first-order chi connectivity index (χ1) is 10.9. The average molecular weight is 342 g/mol. The van der Waals surface area contributed by atoms with Gasteiger partial charge < -0.3 is 14.8 Å². The molecule has 128 valence electrons. The number of hydrogen-bond acceptors (Lipinski definition) is 5. The third-order valence-corrected chi connectivity index (χ3v) is 4.63. The van der Waals surface area contributed by atoms with Crippen LogP contribution in [0.5, 0.6) is 11.5 Å². The van der Waals surface area contributed by atoms with Gasteiger partial charge in [-0.2, -0.15) is 4.31 Å². The van der Waals surface area contributed by atoms with Gasteiger partial charge in [-0.3, -0.25) is 4.79 Å². The summed E-state index contributed by atoms with van der Waals surface area (Å²) in [6.07, 6.45) is 2.68. The zero-order valence-electron chi connectivity index (χ0n) is 13.4. The average Bonchev–Trinajstić information content (AvgIpc) is 2.50. The fourth-order valence-corrected chi connectivity index (χ4v) is 2.99. The summed E-state index contributed by atoms with van der Waals surface area (Å²) in [5, 5.41) is 2.69. The second-order valence-corrected chi connectivity index (χ2v) is 7.34. The van der Waals surface area contributed by atoms with Gasteiger partial charge in [0, 0.05) is 18.3 Å². The summed E-state index contributed by atoms with van der Waals surface area (Å²) in [4.78, 5) is 12.1. The largest absolute Gasteiger partial charge is 0.486 e. The highest BCUT2D eigenvalue weighted by molar-refractivity contribution is 7.88. The second-order valence-electron chi connectivity index (χ2n) is 5.36. The van der Waals surface area contributed by atoms with E-state index >= 15 is 0 Å². The number of nitrogens with zero attached hydrogens (tertiary/aromatic N) is 1. The van der Waals surface area contributed by atoms with E-state index in [1.54, 1.807) is 18.2 Å². The van der Waals surface area contributed by atoms with Crippen LogP contribution in [-0.4, -0.2) is 51.2 Å². The molecule has 0 saturated carbocycles. The number of benzene rings is 1. The van der Waals surface area contributed by atoms with Gasteiger partial charge in [-0.05, 0) is 18.6 Å². The molecule has 1 aromatic carbocycles. The number of fused-ring (bicyclic) bond motifs is 1. The Balaban J connectivity index is 2.00. The van der Waals surface area contributed by atoms with Crippen LogP contribution in [0.4, 0.5) is 5.69 Å². The molecule has 0 aromatic heterocycles. The highest BCUT2D eigenvalue weighted by atomic mass is 32.2. The number of unbranched alkanes of at least 4 members (excludes halogenated alkanes) is 1. The molecule has 0 unspecified atom stereocenters. The summed E-state index contributed by atoms with van der Waals surface area (Å²) in [6, 6.07) is 5.08. The number of carbonyl (C=O) groups excluding carboxylic acids is 1. The van der Waals surface area contributed by atoms with Gasteiger partial charge in [-0.25, -0.2) is 8.42 Å². The van der Waals surface area contributed by atoms with E-state index in [-0.39, 0.29) is 12.5 Å². The Bertz CT molecular complexity index is 660. The Kier molecular flexibility index (Phi) is 5.84. The topological polar surface area (TPSA) is 84.9 Å². The molecule has 0 aliphatic carbocycles. The van der Waals surface area contributed by atoms with Crippen LogP contribution in [0, 0.1) is 0 Å². The maximum absolute atomic E-state index is 12.1. The molecule has 0 bridgehead atoms. The molecule has 1 N–H and O–H groups in total. The molecule has 0 fully saturated rings. The molecule has 1 aliphatic rings. The normalized spacial score (nSPS) is 13.9. The summed E-state index contributed by atoms with van der Waals surface area (Å²) in [6.45, 7) is 3.07. The first-order valence-corrected chi connectivity index (χ1v) is 9.39. The molecular weight excluding hydrogens is 320 g/mol. The maximum Gasteiger partial charge on any atom is 0.239 e. The van der Waals surface area contributed by atoms with E-state index in [0.717, 1.165) is 12.7 Å². The fourth-order valence-electron chi connectivity index (χ4n) is 2.18. The smallest absolute Gasteiger partial charge is 0.239 e. The molecule has 1 amide bonds. The molecule has 0 radical (unpaired) electrons. The molecule has 1 heterocycles. The minimum Gasteiger partial charge on any atom is -0.486 e. The van der Waals surface area contributed by atoms with Crippen molar-refractivity contribution >= 4 is 21.6 Å². The number of amides is 1. The molecule has 2 rings (SSSR count). The Morgan fingerprint density at radius 2 is 1.96 bits per heavy atom. The molecule has 1 aliphatic heterocycles. The first kappa shape index (κ1) is 17.6. The van der Waals surface area contributed by atoms with Crippen molar-refractivity contribution in [1.82, 2.24) is 4.31 Å². The van der Waals surface area contributed by atoms with E-state index in [1.807, 2.05) is 6.92 Å². The maximum atomic E-state index is 12.1. The van der Waals surface area contributed by atoms with Crippen LogP contribution in [0.1, 0.15) is 19.8 Å². The van der Waals surface area contributed by atoms with Crippen LogP contribution in [0.15, 0.2) is 18.2 Å². The first-order valence-electron chi connectivity index (χ1n) is 7.55.